The van der Waals surface area contributed by atoms with E-state index in [0.29, 0.717) is 0 Å². The van der Waals surface area contributed by atoms with Crippen LogP contribution < -0.4 is 0 Å². The second kappa shape index (κ2) is 4.38. The van der Waals surface area contributed by atoms with Crippen molar-refractivity contribution in [2.75, 3.05) is 0 Å². The zero-order chi connectivity index (χ0) is 7.28. The van der Waals surface area contributed by atoms with Crippen LogP contribution in [-0.2, 0) is 4.43 Å². The van der Waals surface area contributed by atoms with Gasteiger partial charge in [0.1, 0.15) is 0 Å². The van der Waals surface area contributed by atoms with E-state index in [1.807, 2.05) is 13.0 Å². The average Bonchev–Trinajstić information content (AvgIpc) is 1.90. The van der Waals surface area contributed by atoms with Crippen molar-refractivity contribution in [2.24, 2.45) is 0 Å². The summed E-state index contributed by atoms with van der Waals surface area (Å²) >= 11 is 0. The van der Waals surface area contributed by atoms with Crippen molar-refractivity contribution in [3.8, 4) is 0 Å². The molecule has 9 heavy (non-hydrogen) atoms. The molecule has 0 atom stereocenters. The Morgan fingerprint density at radius 2 is 2.33 bits per heavy atom. The van der Waals surface area contributed by atoms with Gasteiger partial charge in [0.05, 0.1) is 5.76 Å². The Balaban J connectivity index is 4.17. The third-order valence-corrected chi connectivity index (χ3v) is 1.81. The molecule has 0 aromatic rings. The lowest BCUT2D eigenvalue weighted by molar-refractivity contribution is 0.445. The lowest BCUT2D eigenvalue weighted by Gasteiger charge is -2.05. The molecule has 0 spiro atoms. The molecule has 0 fully saturated rings. The molecule has 0 aromatic heterocycles. The summed E-state index contributed by atoms with van der Waals surface area (Å²) in [6.45, 7) is 7.76. The zero-order valence-corrected chi connectivity index (χ0v) is 8.40. The van der Waals surface area contributed by atoms with E-state index in [4.69, 9.17) is 4.43 Å². The maximum atomic E-state index is 5.20. The predicted molar refractivity (Wildman–Crippen MR) is 44.2 cm³/mol. The van der Waals surface area contributed by atoms with Crippen molar-refractivity contribution < 1.29 is 4.43 Å². The van der Waals surface area contributed by atoms with E-state index in [2.05, 4.69) is 13.5 Å². The molecule has 1 nitrogen and oxygen atoms in total. The topological polar surface area (TPSA) is 9.23 Å². The van der Waals surface area contributed by atoms with Gasteiger partial charge < -0.3 is 4.43 Å². The summed E-state index contributed by atoms with van der Waals surface area (Å²) in [7, 11) is 0.779. The van der Waals surface area contributed by atoms with Gasteiger partial charge >= 0.3 is 0 Å². The molecule has 0 radical (unpaired) electrons. The molecule has 0 rings (SSSR count). The van der Waals surface area contributed by atoms with Gasteiger partial charge in [-0.3, -0.25) is 0 Å². The van der Waals surface area contributed by atoms with E-state index in [1.54, 1.807) is 0 Å². The fraction of sp³-hybridized carbons (Fsp3) is 0.429. The van der Waals surface area contributed by atoms with Crippen molar-refractivity contribution in [3.05, 3.63) is 24.0 Å². The number of rotatable bonds is 3. The number of allylic oxidation sites excluding steroid dienone is 3. The SMILES string of the molecule is C=CC(C)=C(CC)O[SiH3]. The number of hydrogen-bond donors (Lipinski definition) is 0. The lowest BCUT2D eigenvalue weighted by Crippen LogP contribution is -1.88. The maximum absolute atomic E-state index is 5.20. The molecule has 0 bridgehead atoms. The van der Waals surface area contributed by atoms with Gasteiger partial charge in [-0.2, -0.15) is 0 Å². The van der Waals surface area contributed by atoms with Gasteiger partial charge in [-0.25, -0.2) is 0 Å². The van der Waals surface area contributed by atoms with Crippen molar-refractivity contribution in [3.63, 3.8) is 0 Å². The average molecular weight is 142 g/mol. The highest BCUT2D eigenvalue weighted by atomic mass is 28.2. The van der Waals surface area contributed by atoms with Crippen molar-refractivity contribution >= 4 is 10.5 Å². The van der Waals surface area contributed by atoms with Crippen LogP contribution in [0.15, 0.2) is 24.0 Å². The summed E-state index contributed by atoms with van der Waals surface area (Å²) in [5.74, 6) is 1.08. The van der Waals surface area contributed by atoms with Crippen molar-refractivity contribution in [1.82, 2.24) is 0 Å². The highest BCUT2D eigenvalue weighted by Crippen LogP contribution is 2.08. The Labute approximate surface area is 60.0 Å². The Morgan fingerprint density at radius 3 is 2.44 bits per heavy atom. The van der Waals surface area contributed by atoms with E-state index in [9.17, 15) is 0 Å². The fourth-order valence-electron chi connectivity index (χ4n) is 0.698. The van der Waals surface area contributed by atoms with Crippen LogP contribution in [0.4, 0.5) is 0 Å². The van der Waals surface area contributed by atoms with Crippen molar-refractivity contribution in [2.45, 2.75) is 20.3 Å². The van der Waals surface area contributed by atoms with Crippen LogP contribution in [0, 0.1) is 0 Å². The van der Waals surface area contributed by atoms with Crippen LogP contribution in [0.3, 0.4) is 0 Å². The largest absolute Gasteiger partial charge is 0.556 e. The predicted octanol–water partition coefficient (Wildman–Crippen LogP) is 1.15. The van der Waals surface area contributed by atoms with Gasteiger partial charge in [0.25, 0.3) is 0 Å². The highest BCUT2D eigenvalue weighted by molar-refractivity contribution is 5.98. The molecule has 2 heteroatoms. The van der Waals surface area contributed by atoms with Gasteiger partial charge in [-0.1, -0.05) is 19.6 Å². The summed E-state index contributed by atoms with van der Waals surface area (Å²) in [5.41, 5.74) is 1.16. The zero-order valence-electron chi connectivity index (χ0n) is 6.40. The summed E-state index contributed by atoms with van der Waals surface area (Å²) in [6, 6.07) is 0. The first-order chi connectivity index (χ1) is 4.26. The summed E-state index contributed by atoms with van der Waals surface area (Å²) in [5, 5.41) is 0. The Morgan fingerprint density at radius 1 is 1.78 bits per heavy atom. The molecule has 0 aliphatic carbocycles. The summed E-state index contributed by atoms with van der Waals surface area (Å²) in [6.07, 6.45) is 2.80. The van der Waals surface area contributed by atoms with Crippen LogP contribution in [-0.4, -0.2) is 10.5 Å². The Kier molecular flexibility index (Phi) is 4.14. The molecule has 0 heterocycles. The van der Waals surface area contributed by atoms with E-state index in [1.165, 1.54) is 0 Å². The standard InChI is InChI=1S/C7H14OSi/c1-4-6(3)7(5-2)8-9/h4H,1,5H2,2-3,9H3. The van der Waals surface area contributed by atoms with Crippen LogP contribution >= 0.6 is 0 Å². The normalized spacial score (nSPS) is 12.7. The van der Waals surface area contributed by atoms with Crippen LogP contribution in [0.5, 0.6) is 0 Å². The maximum Gasteiger partial charge on any atom is 0.203 e. The fourth-order valence-corrected chi connectivity index (χ4v) is 1.31. The minimum absolute atomic E-state index is 0.779. The van der Waals surface area contributed by atoms with Gasteiger partial charge in [0, 0.05) is 6.42 Å². The van der Waals surface area contributed by atoms with Gasteiger partial charge in [0.2, 0.25) is 10.5 Å². The highest BCUT2D eigenvalue weighted by Gasteiger charge is 1.92. The molecule has 0 saturated carbocycles. The minimum Gasteiger partial charge on any atom is -0.556 e. The third-order valence-electron chi connectivity index (χ3n) is 1.31. The molecule has 0 aliphatic rings. The molecule has 0 aliphatic heterocycles. The molecular formula is C7H14OSi. The number of hydrogen-bond acceptors (Lipinski definition) is 1. The van der Waals surface area contributed by atoms with E-state index >= 15 is 0 Å². The quantitative estimate of drug-likeness (QED) is 0.326. The molecule has 52 valence electrons. The Hall–Kier alpha value is -0.503. The molecule has 0 aromatic carbocycles. The molecule has 0 unspecified atom stereocenters. The Bertz CT molecular complexity index is 121. The second-order valence-corrected chi connectivity index (χ2v) is 2.28. The third kappa shape index (κ3) is 2.51. The monoisotopic (exact) mass is 142 g/mol. The first-order valence-corrected chi connectivity index (χ1v) is 3.94. The smallest absolute Gasteiger partial charge is 0.203 e. The lowest BCUT2D eigenvalue weighted by atomic mass is 10.2. The first kappa shape index (κ1) is 8.50. The van der Waals surface area contributed by atoms with E-state index in [-0.39, 0.29) is 0 Å². The second-order valence-electron chi connectivity index (χ2n) is 1.87. The molecule has 0 N–H and O–H groups in total. The molecule has 0 saturated heterocycles. The van der Waals surface area contributed by atoms with Crippen LogP contribution in [0.2, 0.25) is 0 Å². The van der Waals surface area contributed by atoms with Gasteiger partial charge in [-0.15, -0.1) is 0 Å². The van der Waals surface area contributed by atoms with Crippen LogP contribution in [0.25, 0.3) is 0 Å². The summed E-state index contributed by atoms with van der Waals surface area (Å²) < 4.78 is 5.20. The first-order valence-electron chi connectivity index (χ1n) is 3.12. The van der Waals surface area contributed by atoms with E-state index in [0.717, 1.165) is 28.2 Å². The minimum atomic E-state index is 0.779. The van der Waals surface area contributed by atoms with Gasteiger partial charge in [0.15, 0.2) is 0 Å². The van der Waals surface area contributed by atoms with Crippen molar-refractivity contribution in [1.29, 1.82) is 0 Å². The van der Waals surface area contributed by atoms with Gasteiger partial charge in [-0.05, 0) is 12.5 Å². The molecule has 0 amide bonds. The summed E-state index contributed by atoms with van der Waals surface area (Å²) in [4.78, 5) is 0. The molecular weight excluding hydrogens is 128 g/mol. The van der Waals surface area contributed by atoms with E-state index < -0.39 is 0 Å². The van der Waals surface area contributed by atoms with Crippen LogP contribution in [0.1, 0.15) is 20.3 Å².